The van der Waals surface area contributed by atoms with E-state index in [0.29, 0.717) is 12.2 Å². The number of benzene rings is 1. The lowest BCUT2D eigenvalue weighted by molar-refractivity contribution is 0.259. The van der Waals surface area contributed by atoms with Crippen molar-refractivity contribution < 1.29 is 4.79 Å². The number of nitrogens with zero attached hydrogens (tertiary/aromatic N) is 1. The number of nitrogens with two attached hydrogens (primary N) is 1. The van der Waals surface area contributed by atoms with Gasteiger partial charge in [0.2, 0.25) is 0 Å². The molecule has 0 aliphatic heterocycles. The number of nitrogens with one attached hydrogen (secondary N) is 2. The quantitative estimate of drug-likeness (QED) is 0.519. The SMILES string of the molecule is C=CN(C=N)Cc1cccc(NC(N)=O)c1. The van der Waals surface area contributed by atoms with E-state index in [1.54, 1.807) is 23.2 Å². The Morgan fingerprint density at radius 2 is 2.38 bits per heavy atom. The largest absolute Gasteiger partial charge is 0.351 e. The smallest absolute Gasteiger partial charge is 0.316 e. The minimum Gasteiger partial charge on any atom is -0.351 e. The van der Waals surface area contributed by atoms with Gasteiger partial charge in [0.25, 0.3) is 0 Å². The summed E-state index contributed by atoms with van der Waals surface area (Å²) in [6.07, 6.45) is 2.74. The molecule has 0 unspecified atom stereocenters. The van der Waals surface area contributed by atoms with Crippen LogP contribution in [-0.2, 0) is 6.54 Å². The first kappa shape index (κ1) is 11.8. The monoisotopic (exact) mass is 218 g/mol. The Kier molecular flexibility index (Phi) is 4.08. The molecule has 0 heterocycles. The molecule has 0 saturated carbocycles. The number of hydrogen-bond acceptors (Lipinski definition) is 2. The molecule has 0 spiro atoms. The maximum Gasteiger partial charge on any atom is 0.316 e. The second-order valence-electron chi connectivity index (χ2n) is 3.17. The van der Waals surface area contributed by atoms with Crippen molar-refractivity contribution in [2.75, 3.05) is 5.32 Å². The van der Waals surface area contributed by atoms with E-state index in [1.807, 2.05) is 12.1 Å². The molecule has 1 aromatic carbocycles. The van der Waals surface area contributed by atoms with E-state index in [4.69, 9.17) is 11.1 Å². The fraction of sp³-hybridized carbons (Fsp3) is 0.0909. The van der Waals surface area contributed by atoms with Gasteiger partial charge < -0.3 is 16.0 Å². The van der Waals surface area contributed by atoms with E-state index in [1.165, 1.54) is 6.34 Å². The first-order chi connectivity index (χ1) is 7.65. The van der Waals surface area contributed by atoms with Gasteiger partial charge in [0.05, 0.1) is 6.34 Å². The van der Waals surface area contributed by atoms with Crippen LogP contribution in [0.3, 0.4) is 0 Å². The molecule has 5 heteroatoms. The van der Waals surface area contributed by atoms with Crippen LogP contribution in [0, 0.1) is 5.41 Å². The molecule has 0 fully saturated rings. The van der Waals surface area contributed by atoms with Gasteiger partial charge in [-0.3, -0.25) is 5.41 Å². The van der Waals surface area contributed by atoms with E-state index in [2.05, 4.69) is 11.9 Å². The van der Waals surface area contributed by atoms with Crippen LogP contribution in [0.1, 0.15) is 5.56 Å². The zero-order valence-corrected chi connectivity index (χ0v) is 8.81. The Bertz CT molecular complexity index is 395. The van der Waals surface area contributed by atoms with Crippen LogP contribution in [0.25, 0.3) is 0 Å². The standard InChI is InChI=1S/C11H14N4O/c1-2-15(8-12)7-9-4-3-5-10(6-9)14-11(13)16/h2-6,8,12H,1,7H2,(H3,13,14,16). The Hall–Kier alpha value is -2.30. The van der Waals surface area contributed by atoms with Crippen LogP contribution in [0.15, 0.2) is 37.0 Å². The second kappa shape index (κ2) is 5.55. The number of anilines is 1. The first-order valence-corrected chi connectivity index (χ1v) is 4.70. The zero-order chi connectivity index (χ0) is 12.0. The van der Waals surface area contributed by atoms with Gasteiger partial charge in [0.1, 0.15) is 0 Å². The van der Waals surface area contributed by atoms with Gasteiger partial charge in [0, 0.05) is 12.2 Å². The molecule has 0 atom stereocenters. The van der Waals surface area contributed by atoms with Gasteiger partial charge in [-0.15, -0.1) is 0 Å². The summed E-state index contributed by atoms with van der Waals surface area (Å²) in [4.78, 5) is 12.3. The third-order valence-corrected chi connectivity index (χ3v) is 1.96. The molecular weight excluding hydrogens is 204 g/mol. The van der Waals surface area contributed by atoms with Gasteiger partial charge in [0.15, 0.2) is 0 Å². The van der Waals surface area contributed by atoms with Gasteiger partial charge in [-0.25, -0.2) is 4.79 Å². The first-order valence-electron chi connectivity index (χ1n) is 4.70. The van der Waals surface area contributed by atoms with Crippen molar-refractivity contribution in [3.05, 3.63) is 42.6 Å². The highest BCUT2D eigenvalue weighted by Crippen LogP contribution is 2.12. The summed E-state index contributed by atoms with van der Waals surface area (Å²) in [6, 6.07) is 6.66. The maximum absolute atomic E-state index is 10.7. The molecule has 0 aromatic heterocycles. The predicted octanol–water partition coefficient (Wildman–Crippen LogP) is 1.73. The average Bonchev–Trinajstić information content (AvgIpc) is 2.25. The molecule has 1 aromatic rings. The van der Waals surface area contributed by atoms with Crippen LogP contribution < -0.4 is 11.1 Å². The summed E-state index contributed by atoms with van der Waals surface area (Å²) in [5.41, 5.74) is 6.61. The normalized spacial score (nSPS) is 9.25. The van der Waals surface area contributed by atoms with E-state index in [-0.39, 0.29) is 0 Å². The zero-order valence-electron chi connectivity index (χ0n) is 8.81. The molecule has 2 amide bonds. The van der Waals surface area contributed by atoms with Gasteiger partial charge in [-0.05, 0) is 23.9 Å². The Balaban J connectivity index is 2.77. The minimum absolute atomic E-state index is 0.529. The summed E-state index contributed by atoms with van der Waals surface area (Å²) in [7, 11) is 0. The summed E-state index contributed by atoms with van der Waals surface area (Å²) < 4.78 is 0. The molecule has 0 aliphatic carbocycles. The molecule has 0 saturated heterocycles. The predicted molar refractivity (Wildman–Crippen MR) is 64.2 cm³/mol. The van der Waals surface area contributed by atoms with E-state index in [0.717, 1.165) is 5.56 Å². The van der Waals surface area contributed by atoms with Gasteiger partial charge in [-0.2, -0.15) is 0 Å². The number of urea groups is 1. The molecule has 16 heavy (non-hydrogen) atoms. The van der Waals surface area contributed by atoms with Crippen LogP contribution in [0.5, 0.6) is 0 Å². The van der Waals surface area contributed by atoms with Gasteiger partial charge in [-0.1, -0.05) is 18.7 Å². The molecule has 1 rings (SSSR count). The Morgan fingerprint density at radius 3 is 2.94 bits per heavy atom. The third-order valence-electron chi connectivity index (χ3n) is 1.96. The Morgan fingerprint density at radius 1 is 1.62 bits per heavy atom. The number of carbonyl (C=O) groups is 1. The number of hydrogen-bond donors (Lipinski definition) is 3. The van der Waals surface area contributed by atoms with Crippen LogP contribution in [-0.4, -0.2) is 17.3 Å². The Labute approximate surface area is 94.1 Å². The third kappa shape index (κ3) is 3.45. The number of amides is 2. The number of primary amides is 1. The van der Waals surface area contributed by atoms with Crippen molar-refractivity contribution in [1.29, 1.82) is 5.41 Å². The number of carbonyl (C=O) groups excluding carboxylic acids is 1. The summed E-state index contributed by atoms with van der Waals surface area (Å²) in [5.74, 6) is 0. The molecule has 0 radical (unpaired) electrons. The average molecular weight is 218 g/mol. The molecular formula is C11H14N4O. The fourth-order valence-electron chi connectivity index (χ4n) is 1.26. The molecule has 0 aliphatic rings. The van der Waals surface area contributed by atoms with E-state index < -0.39 is 6.03 Å². The van der Waals surface area contributed by atoms with Crippen molar-refractivity contribution in [1.82, 2.24) is 4.90 Å². The number of rotatable bonds is 5. The lowest BCUT2D eigenvalue weighted by atomic mass is 10.2. The topological polar surface area (TPSA) is 82.2 Å². The van der Waals surface area contributed by atoms with Gasteiger partial charge >= 0.3 is 6.03 Å². The fourth-order valence-corrected chi connectivity index (χ4v) is 1.26. The van der Waals surface area contributed by atoms with Crippen molar-refractivity contribution in [2.45, 2.75) is 6.54 Å². The molecule has 0 bridgehead atoms. The highest BCUT2D eigenvalue weighted by molar-refractivity contribution is 5.87. The van der Waals surface area contributed by atoms with Crippen molar-refractivity contribution in [3.8, 4) is 0 Å². The second-order valence-corrected chi connectivity index (χ2v) is 3.17. The lowest BCUT2D eigenvalue weighted by Gasteiger charge is -2.13. The van der Waals surface area contributed by atoms with Crippen LogP contribution >= 0.6 is 0 Å². The highest BCUT2D eigenvalue weighted by Gasteiger charge is 2.00. The molecule has 84 valence electrons. The van der Waals surface area contributed by atoms with Crippen LogP contribution in [0.4, 0.5) is 10.5 Å². The van der Waals surface area contributed by atoms with Crippen molar-refractivity contribution >= 4 is 18.1 Å². The minimum atomic E-state index is -0.593. The van der Waals surface area contributed by atoms with E-state index >= 15 is 0 Å². The molecule has 5 nitrogen and oxygen atoms in total. The molecule has 4 N–H and O–H groups in total. The lowest BCUT2D eigenvalue weighted by Crippen LogP contribution is -2.19. The summed E-state index contributed by atoms with van der Waals surface area (Å²) >= 11 is 0. The maximum atomic E-state index is 10.7. The summed E-state index contributed by atoms with van der Waals surface area (Å²) in [5, 5.41) is 9.61. The van der Waals surface area contributed by atoms with Crippen molar-refractivity contribution in [2.24, 2.45) is 5.73 Å². The highest BCUT2D eigenvalue weighted by atomic mass is 16.2. The van der Waals surface area contributed by atoms with Crippen LogP contribution in [0.2, 0.25) is 0 Å². The summed E-state index contributed by atoms with van der Waals surface area (Å²) in [6.45, 7) is 4.11. The van der Waals surface area contributed by atoms with Crippen molar-refractivity contribution in [3.63, 3.8) is 0 Å². The van der Waals surface area contributed by atoms with E-state index in [9.17, 15) is 4.79 Å².